The summed E-state index contributed by atoms with van der Waals surface area (Å²) in [5.74, 6) is -3.61. The van der Waals surface area contributed by atoms with Crippen LogP contribution < -0.4 is 15.8 Å². The van der Waals surface area contributed by atoms with Gasteiger partial charge in [0.2, 0.25) is 5.91 Å². The number of halogens is 6. The smallest absolute Gasteiger partial charge is 0.418 e. The van der Waals surface area contributed by atoms with Gasteiger partial charge in [-0.2, -0.15) is 18.3 Å². The van der Waals surface area contributed by atoms with Crippen LogP contribution in [0.2, 0.25) is 0 Å². The SMILES string of the molecule is COc1cc(F)c(-c2cc(C(F)(F)F)c3c(N)ncnn23)cc1C(=O)N[C@@H]1CN(C(=O)C2CC(F)C2)C[C@@H]1F. The molecule has 1 saturated carbocycles. The third-order valence-corrected chi connectivity index (χ3v) is 7.00. The summed E-state index contributed by atoms with van der Waals surface area (Å²) >= 11 is 0. The van der Waals surface area contributed by atoms with Crippen molar-refractivity contribution in [1.29, 1.82) is 0 Å². The van der Waals surface area contributed by atoms with Crippen molar-refractivity contribution in [3.05, 3.63) is 41.5 Å². The normalized spacial score (nSPS) is 23.1. The molecule has 2 aliphatic rings. The van der Waals surface area contributed by atoms with Gasteiger partial charge in [0.1, 0.15) is 35.8 Å². The molecule has 3 heterocycles. The highest BCUT2D eigenvalue weighted by molar-refractivity contribution is 5.98. The first-order valence-electron chi connectivity index (χ1n) is 11.8. The van der Waals surface area contributed by atoms with Gasteiger partial charge in [-0.1, -0.05) is 0 Å². The molecule has 3 aromatic rings. The average Bonchev–Trinajstić information content (AvgIpc) is 3.43. The Balaban J connectivity index is 1.46. The molecule has 15 heteroatoms. The molecule has 39 heavy (non-hydrogen) atoms. The van der Waals surface area contributed by atoms with E-state index in [0.717, 1.165) is 30.1 Å². The fourth-order valence-electron chi connectivity index (χ4n) is 4.91. The number of methoxy groups -OCH3 is 1. The molecule has 9 nitrogen and oxygen atoms in total. The molecule has 2 fully saturated rings. The van der Waals surface area contributed by atoms with Crippen LogP contribution in [0.1, 0.15) is 28.8 Å². The first-order valence-corrected chi connectivity index (χ1v) is 11.8. The first kappa shape index (κ1) is 26.6. The zero-order chi connectivity index (χ0) is 28.2. The summed E-state index contributed by atoms with van der Waals surface area (Å²) in [6, 6.07) is 1.28. The van der Waals surface area contributed by atoms with Crippen LogP contribution in [0.15, 0.2) is 24.5 Å². The number of alkyl halides is 5. The summed E-state index contributed by atoms with van der Waals surface area (Å²) in [7, 11) is 1.15. The Morgan fingerprint density at radius 3 is 2.51 bits per heavy atom. The van der Waals surface area contributed by atoms with E-state index in [4.69, 9.17) is 10.5 Å². The number of nitrogen functional groups attached to an aromatic ring is 1. The van der Waals surface area contributed by atoms with Crippen molar-refractivity contribution in [2.75, 3.05) is 25.9 Å². The van der Waals surface area contributed by atoms with Gasteiger partial charge in [-0.25, -0.2) is 22.7 Å². The van der Waals surface area contributed by atoms with Gasteiger partial charge in [-0.15, -0.1) is 0 Å². The van der Waals surface area contributed by atoms with Crippen LogP contribution in [0, 0.1) is 11.7 Å². The molecule has 5 rings (SSSR count). The molecule has 1 aliphatic heterocycles. The van der Waals surface area contributed by atoms with Gasteiger partial charge in [0.15, 0.2) is 5.82 Å². The molecular weight excluding hydrogens is 534 g/mol. The van der Waals surface area contributed by atoms with Gasteiger partial charge >= 0.3 is 6.18 Å². The van der Waals surface area contributed by atoms with Gasteiger partial charge in [0.05, 0.1) is 36.5 Å². The number of nitrogens with zero attached hydrogens (tertiary/aromatic N) is 4. The number of nitrogens with one attached hydrogen (secondary N) is 1. The van der Waals surface area contributed by atoms with Crippen molar-refractivity contribution < 1.29 is 40.7 Å². The maximum Gasteiger partial charge on any atom is 0.418 e. The third kappa shape index (κ3) is 4.69. The average molecular weight is 556 g/mol. The Kier molecular flexibility index (Phi) is 6.55. The number of fused-ring (bicyclic) bond motifs is 1. The van der Waals surface area contributed by atoms with Crippen LogP contribution in [-0.2, 0) is 11.0 Å². The maximum atomic E-state index is 15.1. The number of likely N-dealkylation sites (tertiary alicyclic amines) is 1. The number of hydrogen-bond donors (Lipinski definition) is 2. The molecule has 1 saturated heterocycles. The van der Waals surface area contributed by atoms with Crippen LogP contribution in [0.5, 0.6) is 5.75 Å². The zero-order valence-electron chi connectivity index (χ0n) is 20.3. The monoisotopic (exact) mass is 556 g/mol. The first-order chi connectivity index (χ1) is 18.4. The molecule has 3 N–H and O–H groups in total. The molecule has 2 amide bonds. The van der Waals surface area contributed by atoms with Gasteiger partial charge in [0.25, 0.3) is 5.91 Å². The van der Waals surface area contributed by atoms with E-state index in [9.17, 15) is 31.5 Å². The predicted molar refractivity (Wildman–Crippen MR) is 125 cm³/mol. The number of carbonyl (C=O) groups excluding carboxylic acids is 2. The van der Waals surface area contributed by atoms with E-state index in [1.807, 2.05) is 0 Å². The van der Waals surface area contributed by atoms with Crippen molar-refractivity contribution in [2.45, 2.75) is 37.4 Å². The number of aromatic nitrogens is 3. The fraction of sp³-hybridized carbons (Fsp3) is 0.417. The molecule has 208 valence electrons. The summed E-state index contributed by atoms with van der Waals surface area (Å²) in [6.45, 7) is -0.454. The number of hydrogen-bond acceptors (Lipinski definition) is 6. The largest absolute Gasteiger partial charge is 0.496 e. The van der Waals surface area contributed by atoms with E-state index >= 15 is 4.39 Å². The van der Waals surface area contributed by atoms with Crippen molar-refractivity contribution in [2.24, 2.45) is 5.92 Å². The lowest BCUT2D eigenvalue weighted by Gasteiger charge is -2.31. The van der Waals surface area contributed by atoms with Crippen molar-refractivity contribution in [3.63, 3.8) is 0 Å². The Morgan fingerprint density at radius 2 is 1.87 bits per heavy atom. The molecule has 0 radical (unpaired) electrons. The second-order valence-electron chi connectivity index (χ2n) is 9.48. The number of ether oxygens (including phenoxy) is 1. The minimum Gasteiger partial charge on any atom is -0.496 e. The van der Waals surface area contributed by atoms with Crippen molar-refractivity contribution >= 4 is 23.1 Å². The van der Waals surface area contributed by atoms with Crippen molar-refractivity contribution in [3.8, 4) is 17.0 Å². The molecule has 0 bridgehead atoms. The summed E-state index contributed by atoms with van der Waals surface area (Å²) in [5.41, 5.74) is 2.75. The Bertz CT molecular complexity index is 1450. The summed E-state index contributed by atoms with van der Waals surface area (Å²) in [4.78, 5) is 30.4. The number of rotatable bonds is 5. The summed E-state index contributed by atoms with van der Waals surface area (Å²) in [6.07, 6.45) is -6.54. The molecule has 1 aromatic carbocycles. The van der Waals surface area contributed by atoms with Crippen molar-refractivity contribution in [1.82, 2.24) is 24.8 Å². The van der Waals surface area contributed by atoms with Gasteiger partial charge < -0.3 is 20.7 Å². The Labute approximate surface area is 216 Å². The van der Waals surface area contributed by atoms with E-state index in [1.165, 1.54) is 4.90 Å². The lowest BCUT2D eigenvalue weighted by molar-refractivity contribution is -0.139. The standard InChI is InChI=1S/C24H22F6N6O3/c1-39-19-6-15(26)12(18-5-14(24(28,29)30)20-21(31)32-9-33-36(18)20)4-13(19)22(37)34-17-8-35(7-16(17)27)23(38)10-2-11(25)3-10/h4-6,9-11,16-17H,2-3,7-8H2,1H3,(H,34,37)(H2,31,32,33)/t10?,11?,16-,17+/m0/s1. The van der Waals surface area contributed by atoms with Crippen LogP contribution in [0.3, 0.4) is 0 Å². The van der Waals surface area contributed by atoms with Gasteiger partial charge in [-0.3, -0.25) is 9.59 Å². The quantitative estimate of drug-likeness (QED) is 0.467. The van der Waals surface area contributed by atoms with Crippen LogP contribution in [0.4, 0.5) is 32.2 Å². The number of anilines is 1. The topological polar surface area (TPSA) is 115 Å². The second-order valence-corrected chi connectivity index (χ2v) is 9.48. The third-order valence-electron chi connectivity index (χ3n) is 7.00. The zero-order valence-corrected chi connectivity index (χ0v) is 20.3. The van der Waals surface area contributed by atoms with Crippen LogP contribution >= 0.6 is 0 Å². The summed E-state index contributed by atoms with van der Waals surface area (Å²) < 4.78 is 90.0. The van der Waals surface area contributed by atoms with E-state index in [0.29, 0.717) is 6.07 Å². The minimum absolute atomic E-state index is 0.0694. The number of carbonyl (C=O) groups is 2. The van der Waals surface area contributed by atoms with Gasteiger partial charge in [-0.05, 0) is 25.0 Å². The van der Waals surface area contributed by atoms with Crippen LogP contribution in [0.25, 0.3) is 16.8 Å². The summed E-state index contributed by atoms with van der Waals surface area (Å²) in [5, 5.41) is 6.22. The Hall–Kier alpha value is -4.04. The molecule has 2 atom stereocenters. The molecule has 0 unspecified atom stereocenters. The Morgan fingerprint density at radius 1 is 1.15 bits per heavy atom. The fourth-order valence-corrected chi connectivity index (χ4v) is 4.91. The number of amides is 2. The molecule has 2 aromatic heterocycles. The van der Waals surface area contributed by atoms with E-state index in [-0.39, 0.29) is 42.9 Å². The highest BCUT2D eigenvalue weighted by Gasteiger charge is 2.43. The van der Waals surface area contributed by atoms with Gasteiger partial charge in [0, 0.05) is 24.1 Å². The lowest BCUT2D eigenvalue weighted by atomic mass is 9.82. The number of benzene rings is 1. The van der Waals surface area contributed by atoms with Crippen LogP contribution in [-0.4, -0.2) is 69.9 Å². The molecular formula is C24H22F6N6O3. The highest BCUT2D eigenvalue weighted by atomic mass is 19.4. The maximum absolute atomic E-state index is 15.1. The van der Waals surface area contributed by atoms with E-state index in [1.54, 1.807) is 0 Å². The van der Waals surface area contributed by atoms with E-state index in [2.05, 4.69) is 15.4 Å². The minimum atomic E-state index is -4.88. The highest BCUT2D eigenvalue weighted by Crippen LogP contribution is 2.40. The molecule has 0 spiro atoms. The predicted octanol–water partition coefficient (Wildman–Crippen LogP) is 3.17. The number of nitrogens with two attached hydrogens (primary N) is 1. The second kappa shape index (κ2) is 9.61. The van der Waals surface area contributed by atoms with E-state index < -0.39 is 70.6 Å². The lowest BCUT2D eigenvalue weighted by Crippen LogP contribution is -2.44. The molecule has 1 aliphatic carbocycles.